The second kappa shape index (κ2) is 9.47. The van der Waals surface area contributed by atoms with Crippen LogP contribution in [-0.4, -0.2) is 37.4 Å². The van der Waals surface area contributed by atoms with E-state index in [9.17, 15) is 4.79 Å². The number of guanidine groups is 1. The molecule has 1 amide bonds. The van der Waals surface area contributed by atoms with Crippen molar-refractivity contribution in [1.29, 1.82) is 0 Å². The smallest absolute Gasteiger partial charge is 0.251 e. The summed E-state index contributed by atoms with van der Waals surface area (Å²) in [5.41, 5.74) is 2.94. The maximum Gasteiger partial charge on any atom is 0.251 e. The zero-order valence-corrected chi connectivity index (χ0v) is 15.1. The van der Waals surface area contributed by atoms with Gasteiger partial charge in [0, 0.05) is 39.3 Å². The van der Waals surface area contributed by atoms with Crippen LogP contribution in [-0.2, 0) is 13.1 Å². The molecule has 0 unspecified atom stereocenters. The summed E-state index contributed by atoms with van der Waals surface area (Å²) < 4.78 is 0. The Morgan fingerprint density at radius 1 is 1.04 bits per heavy atom. The number of benzene rings is 2. The molecule has 0 aliphatic heterocycles. The van der Waals surface area contributed by atoms with E-state index in [0.717, 1.165) is 18.1 Å². The SMILES string of the molecule is CCNC(=O)c1cccc(CNC(=NC)N(C)Cc2ccccc2)c1. The second-order valence-corrected chi connectivity index (χ2v) is 5.80. The zero-order valence-electron chi connectivity index (χ0n) is 15.1. The van der Waals surface area contributed by atoms with Gasteiger partial charge in [-0.15, -0.1) is 0 Å². The molecule has 2 aromatic carbocycles. The summed E-state index contributed by atoms with van der Waals surface area (Å²) in [6, 6.07) is 17.9. The predicted octanol–water partition coefficient (Wildman–Crippen LogP) is 2.64. The van der Waals surface area contributed by atoms with Gasteiger partial charge in [-0.1, -0.05) is 42.5 Å². The fourth-order valence-corrected chi connectivity index (χ4v) is 2.58. The van der Waals surface area contributed by atoms with Crippen molar-refractivity contribution in [2.45, 2.75) is 20.0 Å². The van der Waals surface area contributed by atoms with Crippen molar-refractivity contribution in [3.8, 4) is 0 Å². The molecule has 2 N–H and O–H groups in total. The van der Waals surface area contributed by atoms with Crippen LogP contribution in [0.1, 0.15) is 28.4 Å². The van der Waals surface area contributed by atoms with E-state index in [0.29, 0.717) is 18.7 Å². The van der Waals surface area contributed by atoms with Crippen LogP contribution in [0.3, 0.4) is 0 Å². The summed E-state index contributed by atoms with van der Waals surface area (Å²) in [6.45, 7) is 3.92. The number of rotatable bonds is 6. The molecule has 132 valence electrons. The number of hydrogen-bond donors (Lipinski definition) is 2. The molecule has 0 saturated heterocycles. The maximum atomic E-state index is 11.9. The fourth-order valence-electron chi connectivity index (χ4n) is 2.58. The highest BCUT2D eigenvalue weighted by Gasteiger charge is 2.08. The summed E-state index contributed by atoms with van der Waals surface area (Å²) in [5.74, 6) is 0.766. The van der Waals surface area contributed by atoms with Gasteiger partial charge in [0.2, 0.25) is 0 Å². The van der Waals surface area contributed by atoms with E-state index < -0.39 is 0 Å². The number of hydrogen-bond acceptors (Lipinski definition) is 2. The zero-order chi connectivity index (χ0) is 18.1. The molecule has 0 radical (unpaired) electrons. The van der Waals surface area contributed by atoms with Gasteiger partial charge in [0.15, 0.2) is 5.96 Å². The van der Waals surface area contributed by atoms with Gasteiger partial charge in [0.05, 0.1) is 0 Å². The molecule has 0 spiro atoms. The minimum atomic E-state index is -0.0464. The lowest BCUT2D eigenvalue weighted by Gasteiger charge is -2.22. The number of carbonyl (C=O) groups excluding carboxylic acids is 1. The summed E-state index contributed by atoms with van der Waals surface area (Å²) in [7, 11) is 3.78. The molecule has 0 saturated carbocycles. The second-order valence-electron chi connectivity index (χ2n) is 5.80. The van der Waals surface area contributed by atoms with Crippen LogP contribution in [0.5, 0.6) is 0 Å². The van der Waals surface area contributed by atoms with E-state index >= 15 is 0 Å². The molecule has 0 aromatic heterocycles. The largest absolute Gasteiger partial charge is 0.352 e. The lowest BCUT2D eigenvalue weighted by molar-refractivity contribution is 0.0955. The Morgan fingerprint density at radius 3 is 2.44 bits per heavy atom. The quantitative estimate of drug-likeness (QED) is 0.629. The molecule has 0 aliphatic carbocycles. The third kappa shape index (κ3) is 5.64. The highest BCUT2D eigenvalue weighted by Crippen LogP contribution is 2.07. The van der Waals surface area contributed by atoms with Gasteiger partial charge in [-0.05, 0) is 30.2 Å². The van der Waals surface area contributed by atoms with Gasteiger partial charge < -0.3 is 15.5 Å². The van der Waals surface area contributed by atoms with Crippen molar-refractivity contribution in [3.05, 3.63) is 71.3 Å². The van der Waals surface area contributed by atoms with Crippen LogP contribution >= 0.6 is 0 Å². The molecule has 0 aliphatic rings. The van der Waals surface area contributed by atoms with Gasteiger partial charge in [-0.3, -0.25) is 9.79 Å². The van der Waals surface area contributed by atoms with Gasteiger partial charge in [-0.2, -0.15) is 0 Å². The first-order valence-electron chi connectivity index (χ1n) is 8.47. The van der Waals surface area contributed by atoms with Gasteiger partial charge in [-0.25, -0.2) is 0 Å². The molecule has 2 aromatic rings. The topological polar surface area (TPSA) is 56.7 Å². The van der Waals surface area contributed by atoms with Crippen LogP contribution in [0.25, 0.3) is 0 Å². The van der Waals surface area contributed by atoms with E-state index in [1.807, 2.05) is 56.4 Å². The predicted molar refractivity (Wildman–Crippen MR) is 103 cm³/mol. The highest BCUT2D eigenvalue weighted by molar-refractivity contribution is 5.94. The first-order chi connectivity index (χ1) is 12.1. The van der Waals surface area contributed by atoms with Crippen LogP contribution in [0.2, 0.25) is 0 Å². The first kappa shape index (κ1) is 18.5. The fraction of sp³-hybridized carbons (Fsp3) is 0.300. The molecule has 2 rings (SSSR count). The van der Waals surface area contributed by atoms with Crippen molar-refractivity contribution in [2.75, 3.05) is 20.6 Å². The Morgan fingerprint density at radius 2 is 1.76 bits per heavy atom. The van der Waals surface area contributed by atoms with Crippen LogP contribution in [0, 0.1) is 0 Å². The van der Waals surface area contributed by atoms with Crippen molar-refractivity contribution in [1.82, 2.24) is 15.5 Å². The molecular formula is C20H26N4O. The minimum absolute atomic E-state index is 0.0464. The lowest BCUT2D eigenvalue weighted by atomic mass is 10.1. The lowest BCUT2D eigenvalue weighted by Crippen LogP contribution is -2.38. The van der Waals surface area contributed by atoms with E-state index in [1.165, 1.54) is 5.56 Å². The number of amides is 1. The monoisotopic (exact) mass is 338 g/mol. The van der Waals surface area contributed by atoms with Gasteiger partial charge in [0.1, 0.15) is 0 Å². The van der Waals surface area contributed by atoms with Crippen LogP contribution in [0.4, 0.5) is 0 Å². The van der Waals surface area contributed by atoms with E-state index in [-0.39, 0.29) is 5.91 Å². The Labute approximate surface area is 149 Å². The maximum absolute atomic E-state index is 11.9. The van der Waals surface area contributed by atoms with Crippen molar-refractivity contribution < 1.29 is 4.79 Å². The summed E-state index contributed by atoms with van der Waals surface area (Å²) in [4.78, 5) is 18.3. The van der Waals surface area contributed by atoms with Crippen LogP contribution in [0.15, 0.2) is 59.6 Å². The average molecular weight is 338 g/mol. The first-order valence-corrected chi connectivity index (χ1v) is 8.47. The Kier molecular flexibility index (Phi) is 7.01. The molecule has 25 heavy (non-hydrogen) atoms. The molecule has 0 bridgehead atoms. The summed E-state index contributed by atoms with van der Waals surface area (Å²) in [6.07, 6.45) is 0. The standard InChI is InChI=1S/C20H26N4O/c1-4-22-19(25)18-12-8-11-17(13-18)14-23-20(21-2)24(3)15-16-9-6-5-7-10-16/h5-13H,4,14-15H2,1-3H3,(H,21,23)(H,22,25). The van der Waals surface area contributed by atoms with Crippen molar-refractivity contribution >= 4 is 11.9 Å². The van der Waals surface area contributed by atoms with Crippen molar-refractivity contribution in [2.24, 2.45) is 4.99 Å². The molecule has 0 heterocycles. The van der Waals surface area contributed by atoms with Crippen molar-refractivity contribution in [3.63, 3.8) is 0 Å². The minimum Gasteiger partial charge on any atom is -0.352 e. The molecule has 5 heteroatoms. The number of aliphatic imine (C=N–C) groups is 1. The van der Waals surface area contributed by atoms with Crippen LogP contribution < -0.4 is 10.6 Å². The van der Waals surface area contributed by atoms with E-state index in [1.54, 1.807) is 7.05 Å². The summed E-state index contributed by atoms with van der Waals surface area (Å²) >= 11 is 0. The third-order valence-corrected chi connectivity index (χ3v) is 3.81. The Hall–Kier alpha value is -2.82. The molecule has 0 atom stereocenters. The normalized spacial score (nSPS) is 11.1. The molecule has 0 fully saturated rings. The molecule has 5 nitrogen and oxygen atoms in total. The van der Waals surface area contributed by atoms with E-state index in [2.05, 4.69) is 32.7 Å². The van der Waals surface area contributed by atoms with E-state index in [4.69, 9.17) is 0 Å². The van der Waals surface area contributed by atoms with Gasteiger partial charge >= 0.3 is 0 Å². The third-order valence-electron chi connectivity index (χ3n) is 3.81. The number of nitrogens with zero attached hydrogens (tertiary/aromatic N) is 2. The average Bonchev–Trinajstić information content (AvgIpc) is 2.63. The molecular weight excluding hydrogens is 312 g/mol. The summed E-state index contributed by atoms with van der Waals surface area (Å²) in [5, 5.41) is 6.17. The number of nitrogens with one attached hydrogen (secondary N) is 2. The highest BCUT2D eigenvalue weighted by atomic mass is 16.1. The Bertz CT molecular complexity index is 713. The van der Waals surface area contributed by atoms with Gasteiger partial charge in [0.25, 0.3) is 5.91 Å². The number of carbonyl (C=O) groups is 1. The Balaban J connectivity index is 1.96.